The Balaban J connectivity index is 2.32. The third-order valence-corrected chi connectivity index (χ3v) is 5.96. The fourth-order valence-electron chi connectivity index (χ4n) is 3.76. The van der Waals surface area contributed by atoms with Gasteiger partial charge in [0, 0.05) is 19.3 Å². The van der Waals surface area contributed by atoms with Gasteiger partial charge in [-0.25, -0.2) is 4.79 Å². The lowest BCUT2D eigenvalue weighted by Gasteiger charge is -2.25. The summed E-state index contributed by atoms with van der Waals surface area (Å²) in [6.07, 6.45) is -1.31. The molecule has 14 nitrogen and oxygen atoms in total. The van der Waals surface area contributed by atoms with Gasteiger partial charge >= 0.3 is 11.9 Å². The van der Waals surface area contributed by atoms with E-state index in [9.17, 15) is 39.0 Å². The number of carbonyl (C=O) groups is 6. The number of primary amides is 1. The van der Waals surface area contributed by atoms with E-state index in [1.165, 1.54) is 24.3 Å². The van der Waals surface area contributed by atoms with Gasteiger partial charge in [0.15, 0.2) is 0 Å². The molecule has 0 aromatic heterocycles. The summed E-state index contributed by atoms with van der Waals surface area (Å²) in [7, 11) is 0. The SMILES string of the molecule is NC(=O)CCC(N)C(=O)NC(Cc1ccc(O)cc1)C(=O)NC(Cc1ccccc1)C(=O)NC(CC(=O)O)C(=O)O. The molecule has 4 atom stereocenters. The van der Waals surface area contributed by atoms with Crippen LogP contribution in [0.2, 0.25) is 0 Å². The number of nitrogens with two attached hydrogens (primary N) is 2. The Labute approximate surface area is 235 Å². The van der Waals surface area contributed by atoms with Crippen molar-refractivity contribution in [1.82, 2.24) is 16.0 Å². The van der Waals surface area contributed by atoms with Crippen LogP contribution in [0.1, 0.15) is 30.4 Å². The fourth-order valence-corrected chi connectivity index (χ4v) is 3.76. The number of carboxylic acid groups (broad SMARTS) is 2. The highest BCUT2D eigenvalue weighted by atomic mass is 16.4. The average molecular weight is 572 g/mol. The number of carboxylic acids is 2. The number of phenolic OH excluding ortho intramolecular Hbond substituents is 1. The molecule has 0 heterocycles. The predicted molar refractivity (Wildman–Crippen MR) is 144 cm³/mol. The molecule has 41 heavy (non-hydrogen) atoms. The van der Waals surface area contributed by atoms with Crippen molar-refractivity contribution in [2.24, 2.45) is 11.5 Å². The molecule has 2 aromatic carbocycles. The van der Waals surface area contributed by atoms with E-state index in [0.717, 1.165) is 0 Å². The van der Waals surface area contributed by atoms with Gasteiger partial charge in [0.05, 0.1) is 12.5 Å². The minimum Gasteiger partial charge on any atom is -0.508 e. The molecular weight excluding hydrogens is 538 g/mol. The molecular formula is C27H33N5O9. The second-order valence-corrected chi connectivity index (χ2v) is 9.29. The molecule has 4 amide bonds. The van der Waals surface area contributed by atoms with Crippen LogP contribution in [-0.4, -0.2) is 75.1 Å². The van der Waals surface area contributed by atoms with Crippen LogP contribution < -0.4 is 27.4 Å². The summed E-state index contributed by atoms with van der Waals surface area (Å²) in [6, 6.07) is 8.69. The molecule has 2 rings (SSSR count). The van der Waals surface area contributed by atoms with Crippen molar-refractivity contribution < 1.29 is 44.1 Å². The normalized spacial score (nSPS) is 13.6. The zero-order valence-corrected chi connectivity index (χ0v) is 22.0. The zero-order chi connectivity index (χ0) is 30.5. The number of benzene rings is 2. The predicted octanol–water partition coefficient (Wildman–Crippen LogP) is -1.22. The van der Waals surface area contributed by atoms with Gasteiger partial charge in [-0.2, -0.15) is 0 Å². The van der Waals surface area contributed by atoms with Crippen molar-refractivity contribution in [3.63, 3.8) is 0 Å². The highest BCUT2D eigenvalue weighted by Crippen LogP contribution is 2.13. The lowest BCUT2D eigenvalue weighted by molar-refractivity contribution is -0.147. The molecule has 0 saturated heterocycles. The number of rotatable bonds is 16. The Hall–Kier alpha value is -4.98. The summed E-state index contributed by atoms with van der Waals surface area (Å²) in [5.41, 5.74) is 12.1. The number of aliphatic carboxylic acids is 2. The van der Waals surface area contributed by atoms with E-state index in [0.29, 0.717) is 11.1 Å². The topological polar surface area (TPSA) is 251 Å². The highest BCUT2D eigenvalue weighted by molar-refractivity contribution is 5.95. The Bertz CT molecular complexity index is 1240. The van der Waals surface area contributed by atoms with E-state index in [2.05, 4.69) is 16.0 Å². The number of amides is 4. The summed E-state index contributed by atoms with van der Waals surface area (Å²) < 4.78 is 0. The first-order valence-electron chi connectivity index (χ1n) is 12.6. The molecule has 0 aliphatic rings. The summed E-state index contributed by atoms with van der Waals surface area (Å²) >= 11 is 0. The Morgan fingerprint density at radius 1 is 0.707 bits per heavy atom. The van der Waals surface area contributed by atoms with E-state index in [-0.39, 0.29) is 31.4 Å². The lowest BCUT2D eigenvalue weighted by atomic mass is 10.0. The monoisotopic (exact) mass is 571 g/mol. The largest absolute Gasteiger partial charge is 0.508 e. The van der Waals surface area contributed by atoms with Crippen LogP contribution in [0.15, 0.2) is 54.6 Å². The van der Waals surface area contributed by atoms with Crippen molar-refractivity contribution in [2.45, 2.75) is 56.3 Å². The first kappa shape index (κ1) is 32.2. The molecule has 14 heteroatoms. The number of aromatic hydroxyl groups is 1. The molecule has 0 spiro atoms. The zero-order valence-electron chi connectivity index (χ0n) is 22.0. The van der Waals surface area contributed by atoms with Crippen molar-refractivity contribution in [3.8, 4) is 5.75 Å². The quantitative estimate of drug-likeness (QED) is 0.119. The van der Waals surface area contributed by atoms with Gasteiger partial charge in [0.25, 0.3) is 0 Å². The van der Waals surface area contributed by atoms with Crippen molar-refractivity contribution in [1.29, 1.82) is 0 Å². The summed E-state index contributed by atoms with van der Waals surface area (Å²) in [6.45, 7) is 0. The molecule has 10 N–H and O–H groups in total. The molecule has 2 aromatic rings. The average Bonchev–Trinajstić information content (AvgIpc) is 2.91. The first-order valence-corrected chi connectivity index (χ1v) is 12.6. The van der Waals surface area contributed by atoms with E-state index >= 15 is 0 Å². The molecule has 0 saturated carbocycles. The summed E-state index contributed by atoms with van der Waals surface area (Å²) in [5, 5.41) is 35.1. The maximum atomic E-state index is 13.5. The smallest absolute Gasteiger partial charge is 0.326 e. The minimum atomic E-state index is -1.76. The van der Waals surface area contributed by atoms with Crippen LogP contribution in [0.25, 0.3) is 0 Å². The number of phenols is 1. The van der Waals surface area contributed by atoms with E-state index in [1.807, 2.05) is 0 Å². The Kier molecular flexibility index (Phi) is 12.2. The third-order valence-electron chi connectivity index (χ3n) is 5.96. The van der Waals surface area contributed by atoms with Crippen LogP contribution in [0.4, 0.5) is 0 Å². The molecule has 220 valence electrons. The Morgan fingerprint density at radius 3 is 1.68 bits per heavy atom. The molecule has 0 aliphatic carbocycles. The summed E-state index contributed by atoms with van der Waals surface area (Å²) in [5.74, 6) is -6.26. The van der Waals surface area contributed by atoms with E-state index in [1.54, 1.807) is 30.3 Å². The van der Waals surface area contributed by atoms with Crippen LogP contribution in [0, 0.1) is 0 Å². The third kappa shape index (κ3) is 11.3. The maximum Gasteiger partial charge on any atom is 0.326 e. The van der Waals surface area contributed by atoms with Gasteiger partial charge in [0.2, 0.25) is 23.6 Å². The Morgan fingerprint density at radius 2 is 1.20 bits per heavy atom. The lowest BCUT2D eigenvalue weighted by Crippen LogP contribution is -2.58. The van der Waals surface area contributed by atoms with Gasteiger partial charge < -0.3 is 42.7 Å². The first-order chi connectivity index (χ1) is 19.3. The van der Waals surface area contributed by atoms with Crippen LogP contribution in [0.5, 0.6) is 5.75 Å². The molecule has 4 unspecified atom stereocenters. The molecule has 0 aliphatic heterocycles. The molecule has 0 radical (unpaired) electrons. The number of nitrogens with one attached hydrogen (secondary N) is 3. The number of hydrogen-bond donors (Lipinski definition) is 8. The highest BCUT2D eigenvalue weighted by Gasteiger charge is 2.31. The molecule has 0 bridgehead atoms. The van der Waals surface area contributed by atoms with Gasteiger partial charge in [-0.3, -0.25) is 24.0 Å². The second-order valence-electron chi connectivity index (χ2n) is 9.29. The van der Waals surface area contributed by atoms with Crippen LogP contribution in [0.3, 0.4) is 0 Å². The van der Waals surface area contributed by atoms with Crippen LogP contribution >= 0.6 is 0 Å². The van der Waals surface area contributed by atoms with Gasteiger partial charge in [-0.1, -0.05) is 42.5 Å². The van der Waals surface area contributed by atoms with Gasteiger partial charge in [-0.05, 0) is 29.7 Å². The van der Waals surface area contributed by atoms with Crippen molar-refractivity contribution in [3.05, 3.63) is 65.7 Å². The molecule has 0 fully saturated rings. The van der Waals surface area contributed by atoms with E-state index < -0.39 is 66.2 Å². The second kappa shape index (κ2) is 15.6. The minimum absolute atomic E-state index is 0.0267. The fraction of sp³-hybridized carbons (Fsp3) is 0.333. The van der Waals surface area contributed by atoms with Crippen molar-refractivity contribution >= 4 is 35.6 Å². The summed E-state index contributed by atoms with van der Waals surface area (Å²) in [4.78, 5) is 73.0. The van der Waals surface area contributed by atoms with Crippen molar-refractivity contribution in [2.75, 3.05) is 0 Å². The number of hydrogen-bond acceptors (Lipinski definition) is 8. The van der Waals surface area contributed by atoms with Gasteiger partial charge in [-0.15, -0.1) is 0 Å². The standard InChI is InChI=1S/C27H33N5O9/c28-18(10-11-22(29)34)24(37)30-19(13-16-6-8-17(33)9-7-16)25(38)31-20(12-15-4-2-1-3-5-15)26(39)32-21(27(40)41)14-23(35)36/h1-9,18-21,33H,10-14,28H2,(H2,29,34)(H,30,37)(H,31,38)(H,32,39)(H,35,36)(H,40,41). The number of carbonyl (C=O) groups excluding carboxylic acids is 4. The van der Waals surface area contributed by atoms with Gasteiger partial charge in [0.1, 0.15) is 23.9 Å². The van der Waals surface area contributed by atoms with E-state index in [4.69, 9.17) is 16.6 Å². The van der Waals surface area contributed by atoms with Crippen LogP contribution in [-0.2, 0) is 41.6 Å². The maximum absolute atomic E-state index is 13.5.